The van der Waals surface area contributed by atoms with Gasteiger partial charge in [-0.2, -0.15) is 0 Å². The topological polar surface area (TPSA) is 72.1 Å². The van der Waals surface area contributed by atoms with Crippen molar-refractivity contribution in [3.8, 4) is 11.6 Å². The fourth-order valence-corrected chi connectivity index (χ4v) is 2.96. The minimum Gasteiger partial charge on any atom is -0.342 e. The molecule has 128 valence electrons. The van der Waals surface area contributed by atoms with E-state index < -0.39 is 0 Å². The molecule has 2 aromatic heterocycles. The molecule has 1 aliphatic heterocycles. The van der Waals surface area contributed by atoms with Crippen molar-refractivity contribution < 1.29 is 4.79 Å². The normalized spacial score (nSPS) is 18.3. The summed E-state index contributed by atoms with van der Waals surface area (Å²) in [5.41, 5.74) is 0.986. The lowest BCUT2D eigenvalue weighted by Gasteiger charge is -2.38. The predicted octanol–water partition coefficient (Wildman–Crippen LogP) is 0.922. The van der Waals surface area contributed by atoms with Gasteiger partial charge in [-0.15, -0.1) is 10.2 Å². The molecule has 1 fully saturated rings. The van der Waals surface area contributed by atoms with Crippen LogP contribution in [0.4, 0.5) is 5.95 Å². The molecule has 0 N–H and O–H groups in total. The van der Waals surface area contributed by atoms with Crippen molar-refractivity contribution in [2.75, 3.05) is 25.0 Å². The molecule has 3 heterocycles. The molecule has 0 radical (unpaired) electrons. The van der Waals surface area contributed by atoms with E-state index in [0.717, 1.165) is 11.4 Å². The quantitative estimate of drug-likeness (QED) is 0.780. The third-order valence-electron chi connectivity index (χ3n) is 4.24. The highest BCUT2D eigenvalue weighted by molar-refractivity contribution is 5.82. The second kappa shape index (κ2) is 6.10. The van der Waals surface area contributed by atoms with E-state index in [0.29, 0.717) is 31.4 Å². The Kier molecular flexibility index (Phi) is 4.13. The summed E-state index contributed by atoms with van der Waals surface area (Å²) in [7, 11) is 3.75. The third-order valence-corrected chi connectivity index (χ3v) is 4.24. The maximum Gasteiger partial charge on any atom is 0.242 e. The average molecular weight is 329 g/mol. The van der Waals surface area contributed by atoms with Gasteiger partial charge >= 0.3 is 0 Å². The summed E-state index contributed by atoms with van der Waals surface area (Å²) in [4.78, 5) is 20.3. The van der Waals surface area contributed by atoms with Crippen LogP contribution in [0.25, 0.3) is 11.6 Å². The Labute approximate surface area is 141 Å². The smallest absolute Gasteiger partial charge is 0.242 e. The van der Waals surface area contributed by atoms with Crippen LogP contribution in [0, 0.1) is 0 Å². The van der Waals surface area contributed by atoms with E-state index in [1.807, 2.05) is 41.3 Å². The molecule has 8 heteroatoms. The van der Waals surface area contributed by atoms with Crippen LogP contribution in [-0.2, 0) is 18.4 Å². The molecule has 2 aromatic rings. The van der Waals surface area contributed by atoms with Gasteiger partial charge in [0, 0.05) is 45.6 Å². The largest absolute Gasteiger partial charge is 0.342 e. The van der Waals surface area contributed by atoms with E-state index >= 15 is 0 Å². The Bertz CT molecular complexity index is 775. The highest BCUT2D eigenvalue weighted by atomic mass is 16.2. The van der Waals surface area contributed by atoms with Crippen molar-refractivity contribution in [3.63, 3.8) is 0 Å². The van der Waals surface area contributed by atoms with Crippen LogP contribution in [0.15, 0.2) is 24.5 Å². The van der Waals surface area contributed by atoms with Crippen molar-refractivity contribution in [1.29, 1.82) is 0 Å². The molecule has 0 aliphatic carbocycles. The van der Waals surface area contributed by atoms with Crippen LogP contribution in [0.3, 0.4) is 0 Å². The molecular formula is C16H23N7O. The highest BCUT2D eigenvalue weighted by Crippen LogP contribution is 2.25. The minimum absolute atomic E-state index is 0.0801. The Morgan fingerprint density at radius 1 is 1.33 bits per heavy atom. The lowest BCUT2D eigenvalue weighted by atomic mass is 10.2. The number of imidazole rings is 1. The molecule has 1 amide bonds. The van der Waals surface area contributed by atoms with Gasteiger partial charge in [0.2, 0.25) is 17.7 Å². The van der Waals surface area contributed by atoms with Gasteiger partial charge in [-0.3, -0.25) is 9.36 Å². The van der Waals surface area contributed by atoms with E-state index in [-0.39, 0.29) is 11.9 Å². The van der Waals surface area contributed by atoms with Gasteiger partial charge in [-0.25, -0.2) is 4.98 Å². The van der Waals surface area contributed by atoms with Crippen LogP contribution < -0.4 is 4.90 Å². The standard InChI is InChI=1S/C16H23N7O/c1-11(2)8-23-15(14-17-6-7-20(14)4)18-19-16(23)22-10-13(24)21(5)9-12(22)3/h6-7,12H,1,8-10H2,2-5H3. The van der Waals surface area contributed by atoms with Crippen LogP contribution >= 0.6 is 0 Å². The van der Waals surface area contributed by atoms with Crippen LogP contribution in [0.2, 0.25) is 0 Å². The van der Waals surface area contributed by atoms with Gasteiger partial charge in [0.25, 0.3) is 0 Å². The van der Waals surface area contributed by atoms with E-state index in [4.69, 9.17) is 0 Å². The Morgan fingerprint density at radius 3 is 2.71 bits per heavy atom. The fourth-order valence-electron chi connectivity index (χ4n) is 2.96. The number of carbonyl (C=O) groups is 1. The number of carbonyl (C=O) groups excluding carboxylic acids is 1. The van der Waals surface area contributed by atoms with Crippen molar-refractivity contribution in [1.82, 2.24) is 29.2 Å². The van der Waals surface area contributed by atoms with E-state index in [9.17, 15) is 4.79 Å². The van der Waals surface area contributed by atoms with E-state index in [1.54, 1.807) is 11.1 Å². The lowest BCUT2D eigenvalue weighted by molar-refractivity contribution is -0.130. The lowest BCUT2D eigenvalue weighted by Crippen LogP contribution is -2.54. The first kappa shape index (κ1) is 16.2. The number of aromatic nitrogens is 5. The molecule has 0 aromatic carbocycles. The Balaban J connectivity index is 2.05. The summed E-state index contributed by atoms with van der Waals surface area (Å²) >= 11 is 0. The summed E-state index contributed by atoms with van der Waals surface area (Å²) in [6.07, 6.45) is 3.60. The Morgan fingerprint density at radius 2 is 2.08 bits per heavy atom. The molecule has 1 atom stereocenters. The number of rotatable bonds is 4. The van der Waals surface area contributed by atoms with Crippen molar-refractivity contribution in [3.05, 3.63) is 24.5 Å². The summed E-state index contributed by atoms with van der Waals surface area (Å²) in [6.45, 7) is 9.60. The zero-order valence-electron chi connectivity index (χ0n) is 14.6. The first-order valence-corrected chi connectivity index (χ1v) is 7.94. The molecule has 3 rings (SSSR count). The van der Waals surface area contributed by atoms with Crippen molar-refractivity contribution in [2.45, 2.75) is 26.4 Å². The van der Waals surface area contributed by atoms with Crippen molar-refractivity contribution in [2.24, 2.45) is 7.05 Å². The van der Waals surface area contributed by atoms with Gasteiger partial charge in [0.1, 0.15) is 6.54 Å². The number of amides is 1. The fraction of sp³-hybridized carbons (Fsp3) is 0.500. The number of likely N-dealkylation sites (N-methyl/N-ethyl adjacent to an activating group) is 1. The molecule has 1 saturated heterocycles. The van der Waals surface area contributed by atoms with Gasteiger partial charge in [0.05, 0.1) is 0 Å². The van der Waals surface area contributed by atoms with Crippen LogP contribution in [0.5, 0.6) is 0 Å². The SMILES string of the molecule is C=C(C)Cn1c(-c2nccn2C)nnc1N1CC(=O)N(C)CC1C. The molecular weight excluding hydrogens is 306 g/mol. The van der Waals surface area contributed by atoms with E-state index in [2.05, 4.69) is 28.7 Å². The van der Waals surface area contributed by atoms with Gasteiger partial charge in [-0.05, 0) is 13.8 Å². The van der Waals surface area contributed by atoms with Gasteiger partial charge < -0.3 is 14.4 Å². The van der Waals surface area contributed by atoms with Gasteiger partial charge in [0.15, 0.2) is 5.82 Å². The molecule has 0 spiro atoms. The van der Waals surface area contributed by atoms with Gasteiger partial charge in [-0.1, -0.05) is 12.2 Å². The van der Waals surface area contributed by atoms with E-state index in [1.165, 1.54) is 0 Å². The number of allylic oxidation sites excluding steroid dienone is 1. The second-order valence-corrected chi connectivity index (χ2v) is 6.48. The number of nitrogens with zero attached hydrogens (tertiary/aromatic N) is 7. The number of piperazine rings is 1. The van der Waals surface area contributed by atoms with Crippen LogP contribution in [-0.4, -0.2) is 61.3 Å². The first-order chi connectivity index (χ1) is 11.4. The zero-order chi connectivity index (χ0) is 17.4. The Hall–Kier alpha value is -2.64. The third kappa shape index (κ3) is 2.79. The second-order valence-electron chi connectivity index (χ2n) is 6.48. The zero-order valence-corrected chi connectivity index (χ0v) is 14.6. The number of hydrogen-bond acceptors (Lipinski definition) is 5. The maximum absolute atomic E-state index is 12.1. The molecule has 8 nitrogen and oxygen atoms in total. The minimum atomic E-state index is 0.0801. The first-order valence-electron chi connectivity index (χ1n) is 7.94. The molecule has 1 unspecified atom stereocenters. The predicted molar refractivity (Wildman–Crippen MR) is 91.5 cm³/mol. The monoisotopic (exact) mass is 329 g/mol. The molecule has 0 bridgehead atoms. The average Bonchev–Trinajstić information content (AvgIpc) is 3.09. The summed E-state index contributed by atoms with van der Waals surface area (Å²) in [6, 6.07) is 0.162. The number of hydrogen-bond donors (Lipinski definition) is 0. The molecule has 1 aliphatic rings. The summed E-state index contributed by atoms with van der Waals surface area (Å²) in [5, 5.41) is 8.72. The summed E-state index contributed by atoms with van der Waals surface area (Å²) < 4.78 is 3.89. The molecule has 0 saturated carbocycles. The number of anilines is 1. The molecule has 24 heavy (non-hydrogen) atoms. The van der Waals surface area contributed by atoms with Crippen molar-refractivity contribution >= 4 is 11.9 Å². The maximum atomic E-state index is 12.1. The number of aryl methyl sites for hydroxylation is 1. The summed E-state index contributed by atoms with van der Waals surface area (Å²) in [5.74, 6) is 2.18. The van der Waals surface area contributed by atoms with Crippen LogP contribution in [0.1, 0.15) is 13.8 Å². The highest BCUT2D eigenvalue weighted by Gasteiger charge is 2.31.